The van der Waals surface area contributed by atoms with Crippen molar-refractivity contribution in [2.45, 2.75) is 26.4 Å². The second kappa shape index (κ2) is 5.67. The summed E-state index contributed by atoms with van der Waals surface area (Å²) in [5, 5.41) is 0. The van der Waals surface area contributed by atoms with Gasteiger partial charge in [-0.3, -0.25) is 0 Å². The Labute approximate surface area is 116 Å². The summed E-state index contributed by atoms with van der Waals surface area (Å²) >= 11 is 1.61. The molecule has 1 atom stereocenters. The molecule has 1 aromatic carbocycles. The fraction of sp³-hybridized carbons (Fsp3) is 0.357. The van der Waals surface area contributed by atoms with Gasteiger partial charge in [-0.1, -0.05) is 6.07 Å². The van der Waals surface area contributed by atoms with Gasteiger partial charge in [0.25, 0.3) is 0 Å². The summed E-state index contributed by atoms with van der Waals surface area (Å²) in [4.78, 5) is 7.43. The highest BCUT2D eigenvalue weighted by atomic mass is 32.1. The largest absolute Gasteiger partial charge is 0.369 e. The lowest BCUT2D eigenvalue weighted by Gasteiger charge is -2.24. The van der Waals surface area contributed by atoms with Crippen molar-refractivity contribution < 1.29 is 4.39 Å². The van der Waals surface area contributed by atoms with Crippen LogP contribution in [0, 0.1) is 12.7 Å². The van der Waals surface area contributed by atoms with E-state index < -0.39 is 0 Å². The van der Waals surface area contributed by atoms with E-state index in [1.54, 1.807) is 24.3 Å². The Kier molecular flexibility index (Phi) is 4.17. The quantitative estimate of drug-likeness (QED) is 0.934. The second-order valence-corrected chi connectivity index (χ2v) is 5.62. The van der Waals surface area contributed by atoms with Gasteiger partial charge in [-0.05, 0) is 26.0 Å². The normalized spacial score (nSPS) is 12.5. The minimum absolute atomic E-state index is 0.250. The lowest BCUT2D eigenvalue weighted by atomic mass is 10.1. The van der Waals surface area contributed by atoms with E-state index >= 15 is 0 Å². The molecular weight excluding hydrogens is 261 g/mol. The number of aromatic nitrogens is 1. The number of halogens is 1. The van der Waals surface area contributed by atoms with E-state index in [9.17, 15) is 4.39 Å². The number of nitrogens with zero attached hydrogens (tertiary/aromatic N) is 2. The van der Waals surface area contributed by atoms with E-state index in [1.807, 2.05) is 30.4 Å². The first-order valence-electron chi connectivity index (χ1n) is 6.14. The van der Waals surface area contributed by atoms with Crippen LogP contribution in [0.4, 0.5) is 10.1 Å². The molecule has 2 aromatic rings. The minimum Gasteiger partial charge on any atom is -0.369 e. The van der Waals surface area contributed by atoms with Gasteiger partial charge in [0, 0.05) is 29.2 Å². The Morgan fingerprint density at radius 1 is 1.47 bits per heavy atom. The first-order chi connectivity index (χ1) is 9.00. The third-order valence-corrected chi connectivity index (χ3v) is 4.04. The summed E-state index contributed by atoms with van der Waals surface area (Å²) in [6, 6.07) is 4.74. The van der Waals surface area contributed by atoms with E-state index in [0.717, 1.165) is 11.4 Å². The maximum Gasteiger partial charge on any atom is 0.130 e. The lowest BCUT2D eigenvalue weighted by Crippen LogP contribution is -2.21. The molecular formula is C14H18FN3S. The van der Waals surface area contributed by atoms with Gasteiger partial charge < -0.3 is 10.6 Å². The Morgan fingerprint density at radius 3 is 2.79 bits per heavy atom. The van der Waals surface area contributed by atoms with Crippen LogP contribution >= 0.6 is 11.3 Å². The van der Waals surface area contributed by atoms with E-state index in [4.69, 9.17) is 5.73 Å². The summed E-state index contributed by atoms with van der Waals surface area (Å²) in [6.45, 7) is 4.49. The summed E-state index contributed by atoms with van der Waals surface area (Å²) in [7, 11) is 1.94. The Balaban J connectivity index is 2.31. The Morgan fingerprint density at radius 2 is 2.21 bits per heavy atom. The van der Waals surface area contributed by atoms with Gasteiger partial charge in [-0.2, -0.15) is 0 Å². The second-order valence-electron chi connectivity index (χ2n) is 4.68. The van der Waals surface area contributed by atoms with Crippen molar-refractivity contribution in [1.29, 1.82) is 0 Å². The van der Waals surface area contributed by atoms with Crippen LogP contribution in [0.2, 0.25) is 0 Å². The monoisotopic (exact) mass is 279 g/mol. The number of benzene rings is 1. The SMILES string of the molecule is Cc1ncsc1CN(C)c1cccc(F)c1C(C)N. The molecule has 1 heterocycles. The molecule has 0 aliphatic carbocycles. The van der Waals surface area contributed by atoms with Crippen molar-refractivity contribution in [3.63, 3.8) is 0 Å². The molecule has 0 saturated carbocycles. The topological polar surface area (TPSA) is 42.2 Å². The molecule has 3 nitrogen and oxygen atoms in total. The first-order valence-corrected chi connectivity index (χ1v) is 7.02. The highest BCUT2D eigenvalue weighted by molar-refractivity contribution is 7.09. The molecule has 1 unspecified atom stereocenters. The summed E-state index contributed by atoms with van der Waals surface area (Å²) in [6.07, 6.45) is 0. The zero-order chi connectivity index (χ0) is 14.0. The smallest absolute Gasteiger partial charge is 0.130 e. The fourth-order valence-corrected chi connectivity index (χ4v) is 2.92. The summed E-state index contributed by atoms with van der Waals surface area (Å²) < 4.78 is 13.9. The van der Waals surface area contributed by atoms with Crippen molar-refractivity contribution >= 4 is 17.0 Å². The number of nitrogens with two attached hydrogens (primary N) is 1. The van der Waals surface area contributed by atoms with Gasteiger partial charge >= 0.3 is 0 Å². The van der Waals surface area contributed by atoms with E-state index in [0.29, 0.717) is 12.1 Å². The zero-order valence-corrected chi connectivity index (χ0v) is 12.2. The van der Waals surface area contributed by atoms with Gasteiger partial charge in [0.15, 0.2) is 0 Å². The molecule has 2 N–H and O–H groups in total. The average Bonchev–Trinajstić information content (AvgIpc) is 2.74. The number of hydrogen-bond donors (Lipinski definition) is 1. The predicted molar refractivity (Wildman–Crippen MR) is 78.0 cm³/mol. The molecule has 0 amide bonds. The molecule has 0 bridgehead atoms. The molecule has 19 heavy (non-hydrogen) atoms. The molecule has 0 spiro atoms. The van der Waals surface area contributed by atoms with Crippen molar-refractivity contribution in [3.05, 3.63) is 45.7 Å². The highest BCUT2D eigenvalue weighted by Gasteiger charge is 2.16. The first kappa shape index (κ1) is 14.0. The standard InChI is InChI=1S/C14H18FN3S/c1-9(16)14-11(15)5-4-6-12(14)18(3)7-13-10(2)17-8-19-13/h4-6,8-9H,7,16H2,1-3H3. The lowest BCUT2D eigenvalue weighted by molar-refractivity contribution is 0.592. The van der Waals surface area contributed by atoms with Crippen LogP contribution in [0.15, 0.2) is 23.7 Å². The van der Waals surface area contributed by atoms with Crippen LogP contribution < -0.4 is 10.6 Å². The zero-order valence-electron chi connectivity index (χ0n) is 11.4. The number of hydrogen-bond acceptors (Lipinski definition) is 4. The molecule has 0 saturated heterocycles. The van der Waals surface area contributed by atoms with Crippen LogP contribution in [0.1, 0.15) is 29.1 Å². The van der Waals surface area contributed by atoms with Crippen LogP contribution in [0.3, 0.4) is 0 Å². The van der Waals surface area contributed by atoms with Crippen LogP contribution in [0.25, 0.3) is 0 Å². The van der Waals surface area contributed by atoms with E-state index in [1.165, 1.54) is 10.9 Å². The number of rotatable bonds is 4. The molecule has 0 aliphatic rings. The van der Waals surface area contributed by atoms with Crippen molar-refractivity contribution in [2.75, 3.05) is 11.9 Å². The third kappa shape index (κ3) is 2.93. The summed E-state index contributed by atoms with van der Waals surface area (Å²) in [5.41, 5.74) is 10.1. The highest BCUT2D eigenvalue weighted by Crippen LogP contribution is 2.29. The van der Waals surface area contributed by atoms with Crippen molar-refractivity contribution in [2.24, 2.45) is 5.73 Å². The average molecular weight is 279 g/mol. The van der Waals surface area contributed by atoms with Crippen LogP contribution in [-0.2, 0) is 6.54 Å². The number of anilines is 1. The van der Waals surface area contributed by atoms with E-state index in [2.05, 4.69) is 4.98 Å². The maximum absolute atomic E-state index is 13.9. The van der Waals surface area contributed by atoms with Crippen LogP contribution in [0.5, 0.6) is 0 Å². The van der Waals surface area contributed by atoms with Gasteiger partial charge in [-0.15, -0.1) is 11.3 Å². The third-order valence-electron chi connectivity index (χ3n) is 3.12. The van der Waals surface area contributed by atoms with E-state index in [-0.39, 0.29) is 11.9 Å². The van der Waals surface area contributed by atoms with Crippen molar-refractivity contribution in [3.8, 4) is 0 Å². The number of thiazole rings is 1. The minimum atomic E-state index is -0.332. The van der Waals surface area contributed by atoms with Crippen molar-refractivity contribution in [1.82, 2.24) is 4.98 Å². The molecule has 5 heteroatoms. The molecule has 102 valence electrons. The van der Waals surface area contributed by atoms with Gasteiger partial charge in [0.2, 0.25) is 0 Å². The van der Waals surface area contributed by atoms with Crippen LogP contribution in [-0.4, -0.2) is 12.0 Å². The molecule has 2 rings (SSSR count). The Hall–Kier alpha value is -1.46. The number of aryl methyl sites for hydroxylation is 1. The molecule has 0 radical (unpaired) electrons. The molecule has 1 aromatic heterocycles. The summed E-state index contributed by atoms with van der Waals surface area (Å²) in [5.74, 6) is -0.250. The Bertz CT molecular complexity index is 566. The fourth-order valence-electron chi connectivity index (χ4n) is 2.09. The molecule has 0 aliphatic heterocycles. The predicted octanol–water partition coefficient (Wildman–Crippen LogP) is 3.25. The van der Waals surface area contributed by atoms with Gasteiger partial charge in [0.1, 0.15) is 5.82 Å². The maximum atomic E-state index is 13.9. The van der Waals surface area contributed by atoms with Gasteiger partial charge in [-0.25, -0.2) is 9.37 Å². The van der Waals surface area contributed by atoms with Gasteiger partial charge in [0.05, 0.1) is 17.7 Å². The molecule has 0 fully saturated rings.